The minimum Gasteiger partial charge on any atom is -0.490 e. The van der Waals surface area contributed by atoms with Gasteiger partial charge in [-0.05, 0) is 75.4 Å². The fraction of sp³-hybridized carbons (Fsp3) is 0.161. The molecule has 1 saturated heterocycles. The number of hydrogen-bond acceptors (Lipinski definition) is 4. The molecule has 0 aromatic heterocycles. The summed E-state index contributed by atoms with van der Waals surface area (Å²) in [6.45, 7) is 4.89. The maximum atomic E-state index is 13.0. The van der Waals surface area contributed by atoms with Crippen LogP contribution in [0, 0.1) is 6.92 Å². The predicted octanol–water partition coefficient (Wildman–Crippen LogP) is 6.98. The highest BCUT2D eigenvalue weighted by atomic mass is 79.9. The summed E-state index contributed by atoms with van der Waals surface area (Å²) in [6, 6.07) is 25.3. The van der Waals surface area contributed by atoms with Gasteiger partial charge in [-0.3, -0.25) is 9.69 Å². The molecule has 38 heavy (non-hydrogen) atoms. The number of urea groups is 1. The van der Waals surface area contributed by atoms with Gasteiger partial charge in [0.25, 0.3) is 5.91 Å². The molecule has 4 aromatic carbocycles. The van der Waals surface area contributed by atoms with E-state index in [9.17, 15) is 9.59 Å². The van der Waals surface area contributed by atoms with E-state index >= 15 is 0 Å². The summed E-state index contributed by atoms with van der Waals surface area (Å²) in [5, 5.41) is 4.99. The second-order valence-corrected chi connectivity index (χ2v) is 9.91. The van der Waals surface area contributed by atoms with Gasteiger partial charge < -0.3 is 14.8 Å². The van der Waals surface area contributed by atoms with Gasteiger partial charge in [0.05, 0.1) is 17.6 Å². The van der Waals surface area contributed by atoms with Crippen LogP contribution in [-0.4, -0.2) is 23.4 Å². The molecule has 3 amide bonds. The lowest BCUT2D eigenvalue weighted by Crippen LogP contribution is -2.30. The first-order chi connectivity index (χ1) is 18.4. The predicted molar refractivity (Wildman–Crippen MR) is 152 cm³/mol. The second-order valence-electron chi connectivity index (χ2n) is 9.06. The van der Waals surface area contributed by atoms with Crippen LogP contribution < -0.4 is 14.8 Å². The highest BCUT2D eigenvalue weighted by Gasteiger charge is 2.33. The van der Waals surface area contributed by atoms with Crippen molar-refractivity contribution in [2.75, 3.05) is 6.61 Å². The molecule has 0 spiro atoms. The molecule has 0 bridgehead atoms. The Kier molecular flexibility index (Phi) is 7.47. The third-order valence-electron chi connectivity index (χ3n) is 6.28. The van der Waals surface area contributed by atoms with Gasteiger partial charge in [-0.25, -0.2) is 4.79 Å². The van der Waals surface area contributed by atoms with Gasteiger partial charge in [0.2, 0.25) is 0 Å². The number of benzene rings is 4. The van der Waals surface area contributed by atoms with Gasteiger partial charge in [0.1, 0.15) is 12.3 Å². The molecule has 0 unspecified atom stereocenters. The highest BCUT2D eigenvalue weighted by Crippen LogP contribution is 2.38. The number of carbonyl (C=O) groups is 2. The van der Waals surface area contributed by atoms with E-state index in [1.165, 1.54) is 4.90 Å². The largest absolute Gasteiger partial charge is 0.490 e. The van der Waals surface area contributed by atoms with Crippen molar-refractivity contribution < 1.29 is 19.1 Å². The molecule has 192 valence electrons. The number of rotatable bonds is 8. The van der Waals surface area contributed by atoms with Gasteiger partial charge in [-0.15, -0.1) is 0 Å². The first-order valence-electron chi connectivity index (χ1n) is 12.4. The van der Waals surface area contributed by atoms with Crippen LogP contribution in [0.1, 0.15) is 29.2 Å². The number of nitrogens with one attached hydrogen (secondary N) is 1. The Bertz CT molecular complexity index is 1560. The van der Waals surface area contributed by atoms with Crippen LogP contribution in [0.4, 0.5) is 4.79 Å². The van der Waals surface area contributed by atoms with Gasteiger partial charge in [-0.2, -0.15) is 0 Å². The van der Waals surface area contributed by atoms with Crippen LogP contribution >= 0.6 is 15.9 Å². The average Bonchev–Trinajstić information content (AvgIpc) is 3.15. The molecular weight excluding hydrogens is 544 g/mol. The zero-order valence-corrected chi connectivity index (χ0v) is 22.7. The molecule has 0 atom stereocenters. The maximum absolute atomic E-state index is 13.0. The van der Waals surface area contributed by atoms with Crippen LogP contribution in [0.25, 0.3) is 16.8 Å². The molecule has 1 heterocycles. The minimum absolute atomic E-state index is 0.207. The van der Waals surface area contributed by atoms with Crippen molar-refractivity contribution >= 4 is 44.7 Å². The summed E-state index contributed by atoms with van der Waals surface area (Å²) in [7, 11) is 0. The van der Waals surface area contributed by atoms with E-state index in [2.05, 4.69) is 39.4 Å². The van der Waals surface area contributed by atoms with Crippen LogP contribution in [0.5, 0.6) is 11.5 Å². The van der Waals surface area contributed by atoms with Crippen molar-refractivity contribution in [1.29, 1.82) is 0 Å². The molecule has 1 aliphatic heterocycles. The van der Waals surface area contributed by atoms with E-state index < -0.39 is 6.03 Å². The van der Waals surface area contributed by atoms with Crippen molar-refractivity contribution in [3.63, 3.8) is 0 Å². The standard InChI is InChI=1S/C31H27BrN2O4/c1-3-37-28-17-22(16-27-30(35)34(31(36)33-27)18-21-9-6-8-20(2)14-21)15-26(32)29(28)38-19-24-12-7-11-23-10-4-5-13-25(23)24/h4-17H,3,18-19H2,1-2H3,(H,33,36)/b27-16+. The molecular formula is C31H27BrN2O4. The van der Waals surface area contributed by atoms with E-state index in [0.717, 1.165) is 27.5 Å². The Morgan fingerprint density at radius 1 is 0.947 bits per heavy atom. The van der Waals surface area contributed by atoms with Gasteiger partial charge in [0, 0.05) is 0 Å². The fourth-order valence-electron chi connectivity index (χ4n) is 4.52. The van der Waals surface area contributed by atoms with Crippen molar-refractivity contribution in [3.05, 3.63) is 111 Å². The van der Waals surface area contributed by atoms with Crippen LogP contribution in [0.2, 0.25) is 0 Å². The third-order valence-corrected chi connectivity index (χ3v) is 6.87. The average molecular weight is 571 g/mol. The summed E-state index contributed by atoms with van der Waals surface area (Å²) in [6.07, 6.45) is 1.65. The topological polar surface area (TPSA) is 67.9 Å². The molecule has 0 radical (unpaired) electrons. The van der Waals surface area contributed by atoms with E-state index in [1.54, 1.807) is 6.08 Å². The van der Waals surface area contributed by atoms with Crippen molar-refractivity contribution in [2.45, 2.75) is 27.0 Å². The monoisotopic (exact) mass is 570 g/mol. The molecule has 0 saturated carbocycles. The number of aryl methyl sites for hydroxylation is 1. The van der Waals surface area contributed by atoms with E-state index in [-0.39, 0.29) is 18.1 Å². The summed E-state index contributed by atoms with van der Waals surface area (Å²) in [5.41, 5.74) is 3.93. The first kappa shape index (κ1) is 25.5. The number of ether oxygens (including phenoxy) is 2. The number of amides is 3. The Hall–Kier alpha value is -4.10. The molecule has 0 aliphatic carbocycles. The summed E-state index contributed by atoms with van der Waals surface area (Å²) >= 11 is 3.61. The molecule has 6 nitrogen and oxygen atoms in total. The number of fused-ring (bicyclic) bond motifs is 1. The molecule has 1 N–H and O–H groups in total. The van der Waals surface area contributed by atoms with Crippen LogP contribution in [0.15, 0.2) is 89.0 Å². The summed E-state index contributed by atoms with van der Waals surface area (Å²) < 4.78 is 12.8. The molecule has 1 aliphatic rings. The second kappa shape index (κ2) is 11.1. The van der Waals surface area contributed by atoms with E-state index in [4.69, 9.17) is 9.47 Å². The Morgan fingerprint density at radius 3 is 2.55 bits per heavy atom. The highest BCUT2D eigenvalue weighted by molar-refractivity contribution is 9.10. The van der Waals surface area contributed by atoms with Gasteiger partial charge >= 0.3 is 6.03 Å². The first-order valence-corrected chi connectivity index (χ1v) is 13.2. The quantitative estimate of drug-likeness (QED) is 0.183. The van der Waals surface area contributed by atoms with Crippen molar-refractivity contribution in [2.24, 2.45) is 0 Å². The lowest BCUT2D eigenvalue weighted by atomic mass is 10.1. The van der Waals surface area contributed by atoms with Gasteiger partial charge in [0.15, 0.2) is 11.5 Å². The molecule has 5 rings (SSSR count). The molecule has 4 aromatic rings. The van der Waals surface area contributed by atoms with E-state index in [0.29, 0.717) is 34.7 Å². The maximum Gasteiger partial charge on any atom is 0.329 e. The lowest BCUT2D eigenvalue weighted by molar-refractivity contribution is -0.123. The van der Waals surface area contributed by atoms with E-state index in [1.807, 2.05) is 74.5 Å². The third kappa shape index (κ3) is 5.43. The zero-order valence-electron chi connectivity index (χ0n) is 21.2. The molecule has 1 fully saturated rings. The number of nitrogens with zero attached hydrogens (tertiary/aromatic N) is 1. The zero-order chi connectivity index (χ0) is 26.6. The van der Waals surface area contributed by atoms with Crippen LogP contribution in [-0.2, 0) is 17.9 Å². The Labute approximate surface area is 230 Å². The smallest absolute Gasteiger partial charge is 0.329 e. The molecule has 7 heteroatoms. The number of imide groups is 1. The van der Waals surface area contributed by atoms with Crippen molar-refractivity contribution in [1.82, 2.24) is 10.2 Å². The fourth-order valence-corrected chi connectivity index (χ4v) is 5.09. The normalized spacial score (nSPS) is 14.3. The summed E-state index contributed by atoms with van der Waals surface area (Å²) in [4.78, 5) is 26.8. The number of carbonyl (C=O) groups excluding carboxylic acids is 2. The van der Waals surface area contributed by atoms with Crippen molar-refractivity contribution in [3.8, 4) is 11.5 Å². The minimum atomic E-state index is -0.443. The number of halogens is 1. The Morgan fingerprint density at radius 2 is 1.74 bits per heavy atom. The van der Waals surface area contributed by atoms with Crippen LogP contribution in [0.3, 0.4) is 0 Å². The van der Waals surface area contributed by atoms with Gasteiger partial charge in [-0.1, -0.05) is 72.3 Å². The summed E-state index contributed by atoms with van der Waals surface area (Å²) in [5.74, 6) is 0.744. The SMILES string of the molecule is CCOc1cc(/C=C2/NC(=O)N(Cc3cccc(C)c3)C2=O)cc(Br)c1OCc1cccc2ccccc12. The lowest BCUT2D eigenvalue weighted by Gasteiger charge is -2.16. The number of hydrogen-bond donors (Lipinski definition) is 1. The Balaban J connectivity index is 1.38.